The number of rotatable bonds is 1. The smallest absolute Gasteiger partial charge is 0.108 e. The monoisotopic (exact) mass is 177 g/mol. The maximum absolute atomic E-state index is 5.68. The van der Waals surface area contributed by atoms with Crippen LogP contribution in [0.15, 0.2) is 35.8 Å². The highest BCUT2D eigenvalue weighted by molar-refractivity contribution is 5.22. The number of hydrogen-bond acceptors (Lipinski definition) is 2. The van der Waals surface area contributed by atoms with Gasteiger partial charge in [-0.1, -0.05) is 12.2 Å². The zero-order valence-corrected chi connectivity index (χ0v) is 7.86. The minimum Gasteiger partial charge on any atom is -0.494 e. The van der Waals surface area contributed by atoms with Crippen LogP contribution < -0.4 is 5.73 Å². The van der Waals surface area contributed by atoms with E-state index < -0.39 is 0 Å². The van der Waals surface area contributed by atoms with Gasteiger partial charge in [0.05, 0.1) is 5.76 Å². The van der Waals surface area contributed by atoms with Crippen molar-refractivity contribution in [3.8, 4) is 0 Å². The molecule has 2 rings (SSSR count). The van der Waals surface area contributed by atoms with E-state index in [1.54, 1.807) is 0 Å². The quantitative estimate of drug-likeness (QED) is 0.665. The first kappa shape index (κ1) is 8.42. The lowest BCUT2D eigenvalue weighted by molar-refractivity contribution is 0.108. The van der Waals surface area contributed by atoms with Crippen LogP contribution in [0.1, 0.15) is 19.8 Å². The van der Waals surface area contributed by atoms with Crippen LogP contribution in [0.4, 0.5) is 0 Å². The van der Waals surface area contributed by atoms with Gasteiger partial charge in [0.1, 0.15) is 6.10 Å². The van der Waals surface area contributed by atoms with Gasteiger partial charge in [-0.15, -0.1) is 0 Å². The van der Waals surface area contributed by atoms with E-state index in [-0.39, 0.29) is 0 Å². The Balaban J connectivity index is 1.95. The molecule has 0 amide bonds. The Morgan fingerprint density at radius 1 is 1.38 bits per heavy atom. The summed E-state index contributed by atoms with van der Waals surface area (Å²) in [4.78, 5) is 0. The first-order chi connectivity index (χ1) is 6.25. The van der Waals surface area contributed by atoms with Crippen LogP contribution in [0.2, 0.25) is 0 Å². The third-order valence-corrected chi connectivity index (χ3v) is 2.61. The molecule has 0 radical (unpaired) electrons. The third-order valence-electron chi connectivity index (χ3n) is 2.61. The standard InChI is InChI=1S/C11H15NO/c1-8-2-7-11(13-8)9-3-5-10(12)6-4-9/h2-3,5-6,9,11H,4,7,12H2,1H3. The molecule has 0 spiro atoms. The first-order valence-corrected chi connectivity index (χ1v) is 4.73. The molecule has 2 atom stereocenters. The van der Waals surface area contributed by atoms with E-state index in [1.807, 2.05) is 13.0 Å². The molecule has 0 aromatic heterocycles. The molecule has 2 N–H and O–H groups in total. The fraction of sp³-hybridized carbons (Fsp3) is 0.455. The van der Waals surface area contributed by atoms with Gasteiger partial charge in [0.2, 0.25) is 0 Å². The van der Waals surface area contributed by atoms with Crippen molar-refractivity contribution in [3.63, 3.8) is 0 Å². The minimum absolute atomic E-state index is 0.334. The molecule has 0 bridgehead atoms. The molecule has 0 aromatic rings. The van der Waals surface area contributed by atoms with Gasteiger partial charge in [0.15, 0.2) is 0 Å². The highest BCUT2D eigenvalue weighted by Gasteiger charge is 2.24. The zero-order valence-electron chi connectivity index (χ0n) is 7.86. The average Bonchev–Trinajstić information content (AvgIpc) is 2.53. The van der Waals surface area contributed by atoms with E-state index in [2.05, 4.69) is 18.2 Å². The SMILES string of the molecule is CC1=CCC(C2C=CC(N)=CC2)O1. The molecule has 1 heterocycles. The van der Waals surface area contributed by atoms with Crippen molar-refractivity contribution >= 4 is 0 Å². The summed E-state index contributed by atoms with van der Waals surface area (Å²) in [7, 11) is 0. The Hall–Kier alpha value is -1.18. The number of hydrogen-bond donors (Lipinski definition) is 1. The predicted octanol–water partition coefficient (Wildman–Crippen LogP) is 2.10. The fourth-order valence-electron chi connectivity index (χ4n) is 1.81. The Morgan fingerprint density at radius 2 is 2.23 bits per heavy atom. The van der Waals surface area contributed by atoms with E-state index in [0.29, 0.717) is 12.0 Å². The molecule has 2 unspecified atom stereocenters. The van der Waals surface area contributed by atoms with Crippen LogP contribution in [-0.4, -0.2) is 6.10 Å². The highest BCUT2D eigenvalue weighted by Crippen LogP contribution is 2.28. The van der Waals surface area contributed by atoms with E-state index in [0.717, 1.165) is 24.3 Å². The van der Waals surface area contributed by atoms with Gasteiger partial charge in [0.25, 0.3) is 0 Å². The normalized spacial score (nSPS) is 32.4. The summed E-state index contributed by atoms with van der Waals surface area (Å²) in [6, 6.07) is 0. The van der Waals surface area contributed by atoms with Crippen LogP contribution in [-0.2, 0) is 4.74 Å². The van der Waals surface area contributed by atoms with Crippen molar-refractivity contribution in [2.75, 3.05) is 0 Å². The van der Waals surface area contributed by atoms with Crippen molar-refractivity contribution in [2.24, 2.45) is 11.7 Å². The average molecular weight is 177 g/mol. The summed E-state index contributed by atoms with van der Waals surface area (Å²) in [6.07, 6.45) is 10.7. The molecule has 1 aliphatic carbocycles. The molecule has 13 heavy (non-hydrogen) atoms. The van der Waals surface area contributed by atoms with Gasteiger partial charge >= 0.3 is 0 Å². The van der Waals surface area contributed by atoms with Crippen LogP contribution >= 0.6 is 0 Å². The zero-order chi connectivity index (χ0) is 9.26. The second-order valence-electron chi connectivity index (χ2n) is 3.67. The highest BCUT2D eigenvalue weighted by atomic mass is 16.5. The van der Waals surface area contributed by atoms with Crippen LogP contribution in [0.25, 0.3) is 0 Å². The van der Waals surface area contributed by atoms with Crippen LogP contribution in [0.3, 0.4) is 0 Å². The lowest BCUT2D eigenvalue weighted by Crippen LogP contribution is -2.19. The van der Waals surface area contributed by atoms with Gasteiger partial charge in [-0.3, -0.25) is 0 Å². The largest absolute Gasteiger partial charge is 0.494 e. The molecule has 2 nitrogen and oxygen atoms in total. The summed E-state index contributed by atoms with van der Waals surface area (Å²) in [5.41, 5.74) is 6.52. The molecule has 0 saturated carbocycles. The molecule has 70 valence electrons. The van der Waals surface area contributed by atoms with Crippen molar-refractivity contribution in [1.29, 1.82) is 0 Å². The molecule has 0 fully saturated rings. The van der Waals surface area contributed by atoms with Crippen molar-refractivity contribution < 1.29 is 4.74 Å². The predicted molar refractivity (Wildman–Crippen MR) is 52.8 cm³/mol. The third kappa shape index (κ3) is 1.77. The van der Waals surface area contributed by atoms with Gasteiger partial charge in [-0.25, -0.2) is 0 Å². The Morgan fingerprint density at radius 3 is 2.77 bits per heavy atom. The number of ether oxygens (including phenoxy) is 1. The Bertz CT molecular complexity index is 288. The molecule has 2 aliphatic rings. The lowest BCUT2D eigenvalue weighted by Gasteiger charge is -2.21. The van der Waals surface area contributed by atoms with Gasteiger partial charge in [-0.05, 0) is 25.5 Å². The maximum Gasteiger partial charge on any atom is 0.108 e. The Kier molecular flexibility index (Phi) is 2.13. The molecule has 0 aromatic carbocycles. The van der Waals surface area contributed by atoms with E-state index in [1.165, 1.54) is 0 Å². The van der Waals surface area contributed by atoms with Gasteiger partial charge < -0.3 is 10.5 Å². The second kappa shape index (κ2) is 3.29. The summed E-state index contributed by atoms with van der Waals surface area (Å²) in [5.74, 6) is 1.56. The van der Waals surface area contributed by atoms with E-state index in [4.69, 9.17) is 10.5 Å². The molecular weight excluding hydrogens is 162 g/mol. The Labute approximate surface area is 78.8 Å². The molecule has 0 saturated heterocycles. The molecular formula is C11H15NO. The van der Waals surface area contributed by atoms with E-state index in [9.17, 15) is 0 Å². The van der Waals surface area contributed by atoms with Crippen LogP contribution in [0, 0.1) is 5.92 Å². The van der Waals surface area contributed by atoms with Crippen molar-refractivity contribution in [2.45, 2.75) is 25.9 Å². The second-order valence-corrected chi connectivity index (χ2v) is 3.67. The first-order valence-electron chi connectivity index (χ1n) is 4.73. The summed E-state index contributed by atoms with van der Waals surface area (Å²) in [6.45, 7) is 2.01. The van der Waals surface area contributed by atoms with Crippen molar-refractivity contribution in [1.82, 2.24) is 0 Å². The van der Waals surface area contributed by atoms with Crippen molar-refractivity contribution in [3.05, 3.63) is 35.8 Å². The molecule has 1 aliphatic heterocycles. The maximum atomic E-state index is 5.68. The van der Waals surface area contributed by atoms with Gasteiger partial charge in [0, 0.05) is 18.0 Å². The summed E-state index contributed by atoms with van der Waals surface area (Å²) >= 11 is 0. The minimum atomic E-state index is 0.334. The van der Waals surface area contributed by atoms with Gasteiger partial charge in [-0.2, -0.15) is 0 Å². The van der Waals surface area contributed by atoms with E-state index >= 15 is 0 Å². The topological polar surface area (TPSA) is 35.2 Å². The lowest BCUT2D eigenvalue weighted by atomic mass is 9.92. The number of nitrogens with two attached hydrogens (primary N) is 1. The fourth-order valence-corrected chi connectivity index (χ4v) is 1.81. The summed E-state index contributed by atoms with van der Waals surface area (Å²) < 4.78 is 5.68. The van der Waals surface area contributed by atoms with Crippen LogP contribution in [0.5, 0.6) is 0 Å². The number of allylic oxidation sites excluding steroid dienone is 3. The summed E-state index contributed by atoms with van der Waals surface area (Å²) in [5, 5.41) is 0. The molecule has 2 heteroatoms.